The quantitative estimate of drug-likeness (QED) is 0.116. The number of nitrogens with zero attached hydrogens (tertiary/aromatic N) is 1. The number of aliphatic carboxylic acids is 1. The Morgan fingerprint density at radius 3 is 2.56 bits per heavy atom. The standard InChI is InChI=1S/C15H27N7O5/c16-7-11(23)22-6-2-4-10(22)14(27)21-9(3-1-5-19-15(17)18)13(26)20-8-12(24)25/h9-10H,1-8,16H2,(H,20,26)(H,21,27)(H,24,25)(H4,17,18,19)/t9-,10-/m0/s1. The van der Waals surface area contributed by atoms with E-state index < -0.39 is 36.4 Å². The molecule has 12 heteroatoms. The first-order valence-corrected chi connectivity index (χ1v) is 8.63. The molecule has 1 fully saturated rings. The maximum Gasteiger partial charge on any atom is 0.322 e. The maximum absolute atomic E-state index is 12.6. The van der Waals surface area contributed by atoms with E-state index in [0.29, 0.717) is 32.4 Å². The zero-order chi connectivity index (χ0) is 20.4. The predicted molar refractivity (Wildman–Crippen MR) is 95.5 cm³/mol. The summed E-state index contributed by atoms with van der Waals surface area (Å²) in [6.45, 7) is -0.0389. The third-order valence-electron chi connectivity index (χ3n) is 4.08. The number of nitrogens with two attached hydrogens (primary N) is 2. The molecule has 0 aromatic rings. The summed E-state index contributed by atoms with van der Waals surface area (Å²) in [6.07, 6.45) is 1.73. The number of carbonyl (C=O) groups excluding carboxylic acids is 3. The second-order valence-corrected chi connectivity index (χ2v) is 6.10. The number of rotatable bonds is 10. The van der Waals surface area contributed by atoms with E-state index in [4.69, 9.17) is 22.0 Å². The SMILES string of the molecule is N=C(N)NCCC[C@H](NC(=O)[C@@H]1CCCN1C(=O)CN)C(=O)NCC(=O)O. The fourth-order valence-corrected chi connectivity index (χ4v) is 2.81. The lowest BCUT2D eigenvalue weighted by Gasteiger charge is -2.26. The van der Waals surface area contributed by atoms with Crippen molar-refractivity contribution in [2.45, 2.75) is 37.8 Å². The highest BCUT2D eigenvalue weighted by atomic mass is 16.4. The molecule has 0 aliphatic carbocycles. The van der Waals surface area contributed by atoms with Crippen LogP contribution in [0.4, 0.5) is 0 Å². The Hall–Kier alpha value is -2.89. The van der Waals surface area contributed by atoms with Gasteiger partial charge in [-0.1, -0.05) is 0 Å². The summed E-state index contributed by atoms with van der Waals surface area (Å²) in [7, 11) is 0. The van der Waals surface area contributed by atoms with Gasteiger partial charge in [0.05, 0.1) is 6.54 Å². The van der Waals surface area contributed by atoms with Crippen LogP contribution in [-0.4, -0.2) is 77.9 Å². The molecule has 0 saturated carbocycles. The molecule has 152 valence electrons. The van der Waals surface area contributed by atoms with E-state index in [9.17, 15) is 19.2 Å². The predicted octanol–water partition coefficient (Wildman–Crippen LogP) is -3.12. The molecule has 0 aromatic carbocycles. The molecule has 0 bridgehead atoms. The number of likely N-dealkylation sites (tertiary alicyclic amines) is 1. The molecular weight excluding hydrogens is 358 g/mol. The molecule has 2 atom stereocenters. The van der Waals surface area contributed by atoms with Crippen LogP contribution < -0.4 is 27.4 Å². The topological polar surface area (TPSA) is 204 Å². The van der Waals surface area contributed by atoms with Crippen LogP contribution >= 0.6 is 0 Å². The number of nitrogens with one attached hydrogen (secondary N) is 4. The lowest BCUT2D eigenvalue weighted by molar-refractivity contribution is -0.140. The third kappa shape index (κ3) is 7.48. The molecule has 1 aliphatic rings. The molecule has 1 heterocycles. The van der Waals surface area contributed by atoms with Crippen LogP contribution in [0, 0.1) is 5.41 Å². The van der Waals surface area contributed by atoms with E-state index in [0.717, 1.165) is 0 Å². The van der Waals surface area contributed by atoms with E-state index >= 15 is 0 Å². The lowest BCUT2D eigenvalue weighted by Crippen LogP contribution is -2.54. The Labute approximate surface area is 156 Å². The number of amides is 3. The minimum atomic E-state index is -1.21. The average molecular weight is 385 g/mol. The zero-order valence-electron chi connectivity index (χ0n) is 15.0. The summed E-state index contributed by atoms with van der Waals surface area (Å²) in [5.74, 6) is -2.88. The van der Waals surface area contributed by atoms with Gasteiger partial charge in [0.1, 0.15) is 18.6 Å². The molecule has 27 heavy (non-hydrogen) atoms. The van der Waals surface area contributed by atoms with Crippen LogP contribution in [-0.2, 0) is 19.2 Å². The zero-order valence-corrected chi connectivity index (χ0v) is 15.0. The van der Waals surface area contributed by atoms with Crippen LogP contribution in [0.3, 0.4) is 0 Å². The number of hydrogen-bond donors (Lipinski definition) is 7. The molecule has 3 amide bonds. The Morgan fingerprint density at radius 1 is 1.26 bits per heavy atom. The van der Waals surface area contributed by atoms with Gasteiger partial charge in [-0.05, 0) is 25.7 Å². The van der Waals surface area contributed by atoms with Crippen LogP contribution in [0.15, 0.2) is 0 Å². The highest BCUT2D eigenvalue weighted by Crippen LogP contribution is 2.17. The fourth-order valence-electron chi connectivity index (χ4n) is 2.81. The highest BCUT2D eigenvalue weighted by molar-refractivity contribution is 5.93. The number of carbonyl (C=O) groups is 4. The molecule has 0 spiro atoms. The summed E-state index contributed by atoms with van der Waals surface area (Å²) in [5.41, 5.74) is 10.5. The Morgan fingerprint density at radius 2 is 1.96 bits per heavy atom. The second-order valence-electron chi connectivity index (χ2n) is 6.10. The summed E-state index contributed by atoms with van der Waals surface area (Å²) < 4.78 is 0. The minimum absolute atomic E-state index is 0.203. The van der Waals surface area contributed by atoms with Crippen LogP contribution in [0.1, 0.15) is 25.7 Å². The minimum Gasteiger partial charge on any atom is -0.480 e. The summed E-state index contributed by atoms with van der Waals surface area (Å²) >= 11 is 0. The van der Waals surface area contributed by atoms with Gasteiger partial charge in [-0.2, -0.15) is 0 Å². The third-order valence-corrected chi connectivity index (χ3v) is 4.08. The van der Waals surface area contributed by atoms with Crippen molar-refractivity contribution >= 4 is 29.7 Å². The molecule has 9 N–H and O–H groups in total. The van der Waals surface area contributed by atoms with Crippen LogP contribution in [0.5, 0.6) is 0 Å². The van der Waals surface area contributed by atoms with Crippen molar-refractivity contribution in [3.63, 3.8) is 0 Å². The van der Waals surface area contributed by atoms with Gasteiger partial charge in [-0.25, -0.2) is 0 Å². The second kappa shape index (κ2) is 11.0. The molecular formula is C15H27N7O5. The van der Waals surface area contributed by atoms with E-state index in [2.05, 4.69) is 16.0 Å². The highest BCUT2D eigenvalue weighted by Gasteiger charge is 2.35. The summed E-state index contributed by atoms with van der Waals surface area (Å²) in [4.78, 5) is 48.6. The van der Waals surface area contributed by atoms with Gasteiger partial charge in [-0.15, -0.1) is 0 Å². The van der Waals surface area contributed by atoms with Gasteiger partial charge < -0.3 is 37.4 Å². The normalized spacial score (nSPS) is 17.1. The van der Waals surface area contributed by atoms with Crippen molar-refractivity contribution in [2.24, 2.45) is 11.5 Å². The maximum atomic E-state index is 12.6. The van der Waals surface area contributed by atoms with E-state index in [1.165, 1.54) is 4.90 Å². The Kier molecular flexibility index (Phi) is 8.99. The Balaban J connectivity index is 2.71. The lowest BCUT2D eigenvalue weighted by atomic mass is 10.1. The molecule has 0 unspecified atom stereocenters. The average Bonchev–Trinajstić information content (AvgIpc) is 3.11. The van der Waals surface area contributed by atoms with Gasteiger partial charge >= 0.3 is 5.97 Å². The van der Waals surface area contributed by atoms with Crippen molar-refractivity contribution in [2.75, 3.05) is 26.2 Å². The van der Waals surface area contributed by atoms with Gasteiger partial charge in [0, 0.05) is 13.1 Å². The number of hydrogen-bond acceptors (Lipinski definition) is 6. The Bertz CT molecular complexity index is 583. The number of carboxylic acid groups (broad SMARTS) is 1. The molecule has 0 aromatic heterocycles. The molecule has 12 nitrogen and oxygen atoms in total. The summed E-state index contributed by atoms with van der Waals surface area (Å²) in [5, 5.41) is 23.2. The largest absolute Gasteiger partial charge is 0.480 e. The van der Waals surface area contributed by atoms with Crippen molar-refractivity contribution in [3.05, 3.63) is 0 Å². The monoisotopic (exact) mass is 385 g/mol. The molecule has 1 saturated heterocycles. The summed E-state index contributed by atoms with van der Waals surface area (Å²) in [6, 6.07) is -1.67. The van der Waals surface area contributed by atoms with E-state index in [1.54, 1.807) is 0 Å². The van der Waals surface area contributed by atoms with Crippen molar-refractivity contribution in [3.8, 4) is 0 Å². The van der Waals surface area contributed by atoms with Gasteiger partial charge in [0.25, 0.3) is 0 Å². The van der Waals surface area contributed by atoms with E-state index in [1.807, 2.05) is 0 Å². The fraction of sp³-hybridized carbons (Fsp3) is 0.667. The van der Waals surface area contributed by atoms with Gasteiger partial charge in [0.2, 0.25) is 17.7 Å². The smallest absolute Gasteiger partial charge is 0.322 e. The van der Waals surface area contributed by atoms with Gasteiger partial charge in [0.15, 0.2) is 5.96 Å². The number of guanidine groups is 1. The first-order chi connectivity index (χ1) is 12.8. The van der Waals surface area contributed by atoms with E-state index in [-0.39, 0.29) is 24.8 Å². The first-order valence-electron chi connectivity index (χ1n) is 8.63. The first kappa shape index (κ1) is 22.2. The number of carboxylic acids is 1. The molecule has 1 rings (SSSR count). The van der Waals surface area contributed by atoms with Crippen molar-refractivity contribution in [1.82, 2.24) is 20.9 Å². The molecule has 1 aliphatic heterocycles. The van der Waals surface area contributed by atoms with Crippen molar-refractivity contribution < 1.29 is 24.3 Å². The molecule has 0 radical (unpaired) electrons. The van der Waals surface area contributed by atoms with Crippen LogP contribution in [0.25, 0.3) is 0 Å². The van der Waals surface area contributed by atoms with Crippen LogP contribution in [0.2, 0.25) is 0 Å². The van der Waals surface area contributed by atoms with Gasteiger partial charge in [-0.3, -0.25) is 24.6 Å². The van der Waals surface area contributed by atoms with Crippen molar-refractivity contribution in [1.29, 1.82) is 5.41 Å².